The average Bonchev–Trinajstić information content (AvgIpc) is 2.19. The smallest absolute Gasteiger partial charge is 0.250 e. The lowest BCUT2D eigenvalue weighted by Crippen LogP contribution is -2.44. The fourth-order valence-electron chi connectivity index (χ4n) is 1.33. The zero-order chi connectivity index (χ0) is 15.0. The molecule has 106 valence electrons. The maximum Gasteiger partial charge on any atom is 0.250 e. The second-order valence-corrected chi connectivity index (χ2v) is 10.9. The van der Waals surface area contributed by atoms with E-state index in [-0.39, 0.29) is 16.4 Å². The van der Waals surface area contributed by atoms with E-state index in [1.165, 1.54) is 6.92 Å². The van der Waals surface area contributed by atoms with Gasteiger partial charge < -0.3 is 4.43 Å². The highest BCUT2D eigenvalue weighted by Gasteiger charge is 2.40. The van der Waals surface area contributed by atoms with Crippen LogP contribution in [0.5, 0.6) is 5.75 Å². The van der Waals surface area contributed by atoms with Crippen molar-refractivity contribution < 1.29 is 18.0 Å². The number of ketones is 1. The number of hydrogen-bond donors (Lipinski definition) is 0. The summed E-state index contributed by atoms with van der Waals surface area (Å²) in [6.45, 7) is 11.2. The number of carbonyl (C=O) groups excluding carboxylic acids is 1. The molecule has 0 amide bonds. The zero-order valence-electron chi connectivity index (χ0n) is 12.2. The molecule has 0 atom stereocenters. The first-order valence-electron chi connectivity index (χ1n) is 6.15. The van der Waals surface area contributed by atoms with Gasteiger partial charge in [0, 0.05) is 6.07 Å². The molecule has 0 N–H and O–H groups in total. The number of hydrogen-bond acceptors (Lipinski definition) is 2. The molecule has 0 aliphatic rings. The van der Waals surface area contributed by atoms with Crippen molar-refractivity contribution in [3.8, 4) is 5.75 Å². The molecule has 1 aromatic rings. The van der Waals surface area contributed by atoms with Crippen molar-refractivity contribution in [2.24, 2.45) is 0 Å². The highest BCUT2D eigenvalue weighted by atomic mass is 28.4. The molecular formula is C14H20F2O2Si. The largest absolute Gasteiger partial charge is 0.541 e. The number of carbonyl (C=O) groups is 1. The van der Waals surface area contributed by atoms with Crippen LogP contribution < -0.4 is 4.43 Å². The van der Waals surface area contributed by atoms with Gasteiger partial charge >= 0.3 is 0 Å². The van der Waals surface area contributed by atoms with Gasteiger partial charge in [-0.3, -0.25) is 4.79 Å². The summed E-state index contributed by atoms with van der Waals surface area (Å²) in [7, 11) is -2.29. The lowest BCUT2D eigenvalue weighted by Gasteiger charge is -2.37. The number of halogens is 2. The maximum absolute atomic E-state index is 13.9. The summed E-state index contributed by atoms with van der Waals surface area (Å²) in [5, 5.41) is -0.137. The van der Waals surface area contributed by atoms with Crippen molar-refractivity contribution in [1.82, 2.24) is 0 Å². The third-order valence-corrected chi connectivity index (χ3v) is 7.88. The Bertz CT molecular complexity index is 505. The molecule has 0 heterocycles. The normalized spacial score (nSPS) is 12.4. The third-order valence-electron chi connectivity index (χ3n) is 3.55. The molecule has 0 spiro atoms. The van der Waals surface area contributed by atoms with Crippen molar-refractivity contribution in [2.45, 2.75) is 45.8 Å². The summed E-state index contributed by atoms with van der Waals surface area (Å²) in [6.07, 6.45) is 0. The van der Waals surface area contributed by atoms with E-state index in [1.807, 2.05) is 33.9 Å². The molecule has 0 aliphatic carbocycles. The molecule has 0 fully saturated rings. The van der Waals surface area contributed by atoms with E-state index in [1.54, 1.807) is 0 Å². The van der Waals surface area contributed by atoms with Crippen LogP contribution in [0.3, 0.4) is 0 Å². The van der Waals surface area contributed by atoms with Gasteiger partial charge in [-0.2, -0.15) is 0 Å². The second kappa shape index (κ2) is 5.04. The number of Topliss-reactive ketones (excluding diaryl/α,β-unsaturated/α-hetero) is 1. The molecule has 0 saturated carbocycles. The van der Waals surface area contributed by atoms with Gasteiger partial charge in [-0.05, 0) is 31.1 Å². The SMILES string of the molecule is CC(=O)c1cc(F)cc(F)c1O[Si](C)(C)C(C)(C)C. The van der Waals surface area contributed by atoms with Gasteiger partial charge in [0.25, 0.3) is 8.32 Å². The fourth-order valence-corrected chi connectivity index (χ4v) is 2.36. The summed E-state index contributed by atoms with van der Waals surface area (Å²) in [5.74, 6) is -2.13. The summed E-state index contributed by atoms with van der Waals surface area (Å²) < 4.78 is 32.9. The first-order chi connectivity index (χ1) is 8.45. The molecule has 0 aliphatic heterocycles. The molecular weight excluding hydrogens is 266 g/mol. The zero-order valence-corrected chi connectivity index (χ0v) is 13.2. The van der Waals surface area contributed by atoms with Gasteiger partial charge in [-0.1, -0.05) is 20.8 Å². The van der Waals surface area contributed by atoms with Gasteiger partial charge in [0.05, 0.1) is 5.56 Å². The van der Waals surface area contributed by atoms with Crippen molar-refractivity contribution in [1.29, 1.82) is 0 Å². The van der Waals surface area contributed by atoms with Gasteiger partial charge in [-0.25, -0.2) is 8.78 Å². The van der Waals surface area contributed by atoms with E-state index in [0.717, 1.165) is 12.1 Å². The molecule has 0 unspecified atom stereocenters. The van der Waals surface area contributed by atoms with Crippen molar-refractivity contribution in [2.75, 3.05) is 0 Å². The van der Waals surface area contributed by atoms with E-state index in [0.29, 0.717) is 0 Å². The Morgan fingerprint density at radius 3 is 2.16 bits per heavy atom. The molecule has 19 heavy (non-hydrogen) atoms. The minimum absolute atomic E-state index is 0.0395. The molecule has 0 saturated heterocycles. The highest BCUT2D eigenvalue weighted by molar-refractivity contribution is 6.74. The molecule has 1 aromatic carbocycles. The fraction of sp³-hybridized carbons (Fsp3) is 0.500. The second-order valence-electron chi connectivity index (χ2n) is 6.18. The van der Waals surface area contributed by atoms with E-state index in [9.17, 15) is 13.6 Å². The first kappa shape index (κ1) is 15.8. The van der Waals surface area contributed by atoms with Crippen LogP contribution >= 0.6 is 0 Å². The van der Waals surface area contributed by atoms with Gasteiger partial charge in [-0.15, -0.1) is 0 Å². The van der Waals surface area contributed by atoms with Crippen LogP contribution in [-0.2, 0) is 0 Å². The number of benzene rings is 1. The predicted molar refractivity (Wildman–Crippen MR) is 74.2 cm³/mol. The minimum Gasteiger partial charge on any atom is -0.541 e. The summed E-state index contributed by atoms with van der Waals surface area (Å²) in [6, 6.07) is 1.77. The maximum atomic E-state index is 13.9. The van der Waals surface area contributed by atoms with Crippen LogP contribution in [-0.4, -0.2) is 14.1 Å². The van der Waals surface area contributed by atoms with Gasteiger partial charge in [0.1, 0.15) is 5.82 Å². The first-order valence-corrected chi connectivity index (χ1v) is 9.05. The Balaban J connectivity index is 3.32. The van der Waals surface area contributed by atoms with Crippen molar-refractivity contribution >= 4 is 14.1 Å². The van der Waals surface area contributed by atoms with Crippen LogP contribution in [0, 0.1) is 11.6 Å². The van der Waals surface area contributed by atoms with Crippen LogP contribution in [0.15, 0.2) is 12.1 Å². The number of rotatable bonds is 3. The topological polar surface area (TPSA) is 26.3 Å². The van der Waals surface area contributed by atoms with Crippen LogP contribution in [0.4, 0.5) is 8.78 Å². The Morgan fingerprint density at radius 2 is 1.74 bits per heavy atom. The minimum atomic E-state index is -2.29. The van der Waals surface area contributed by atoms with E-state index in [2.05, 4.69) is 0 Å². The van der Waals surface area contributed by atoms with Crippen LogP contribution in [0.2, 0.25) is 18.1 Å². The van der Waals surface area contributed by atoms with Crippen LogP contribution in [0.1, 0.15) is 38.1 Å². The monoisotopic (exact) mass is 286 g/mol. The van der Waals surface area contributed by atoms with Gasteiger partial charge in [0.15, 0.2) is 17.3 Å². The van der Waals surface area contributed by atoms with E-state index in [4.69, 9.17) is 4.43 Å². The van der Waals surface area contributed by atoms with E-state index >= 15 is 0 Å². The summed E-state index contributed by atoms with van der Waals surface area (Å²) in [5.41, 5.74) is -0.0395. The molecule has 0 aromatic heterocycles. The molecule has 2 nitrogen and oxygen atoms in total. The van der Waals surface area contributed by atoms with Crippen molar-refractivity contribution in [3.63, 3.8) is 0 Å². The van der Waals surface area contributed by atoms with Crippen LogP contribution in [0.25, 0.3) is 0 Å². The Labute approximate surface area is 113 Å². The van der Waals surface area contributed by atoms with Crippen molar-refractivity contribution in [3.05, 3.63) is 29.3 Å². The Hall–Kier alpha value is -1.23. The predicted octanol–water partition coefficient (Wildman–Crippen LogP) is 4.55. The molecule has 0 radical (unpaired) electrons. The molecule has 5 heteroatoms. The Morgan fingerprint density at radius 1 is 1.21 bits per heavy atom. The van der Waals surface area contributed by atoms with Gasteiger partial charge in [0.2, 0.25) is 0 Å². The highest BCUT2D eigenvalue weighted by Crippen LogP contribution is 2.39. The lowest BCUT2D eigenvalue weighted by molar-refractivity contribution is 0.101. The summed E-state index contributed by atoms with van der Waals surface area (Å²) >= 11 is 0. The standard InChI is InChI=1S/C14H20F2O2Si/c1-9(17)11-7-10(15)8-12(16)13(11)18-19(5,6)14(2,3)4/h7-8H,1-6H3. The lowest BCUT2D eigenvalue weighted by atomic mass is 10.1. The molecule has 0 bridgehead atoms. The Kier molecular flexibility index (Phi) is 4.19. The summed E-state index contributed by atoms with van der Waals surface area (Å²) in [4.78, 5) is 11.5. The molecule has 1 rings (SSSR count). The average molecular weight is 286 g/mol. The quantitative estimate of drug-likeness (QED) is 0.602. The van der Waals surface area contributed by atoms with E-state index < -0.39 is 25.7 Å². The third kappa shape index (κ3) is 3.41.